The van der Waals surface area contributed by atoms with Gasteiger partial charge in [0.05, 0.1) is 5.56 Å². The van der Waals surface area contributed by atoms with Crippen LogP contribution in [-0.2, 0) is 10.2 Å². The van der Waals surface area contributed by atoms with Crippen molar-refractivity contribution >= 4 is 12.3 Å². The summed E-state index contributed by atoms with van der Waals surface area (Å²) in [7, 11) is 0. The molecular formula is C19H22O4. The summed E-state index contributed by atoms with van der Waals surface area (Å²) >= 11 is 0. The molecule has 23 heavy (non-hydrogen) atoms. The SMILES string of the molecule is O=Cc1cc(C23CC4CC(CC(C4)C2)C3)ccc1OCC(=O)O. The van der Waals surface area contributed by atoms with Crippen LogP contribution in [0.3, 0.4) is 0 Å². The molecule has 0 aromatic heterocycles. The molecule has 1 aromatic carbocycles. The molecule has 5 rings (SSSR count). The highest BCUT2D eigenvalue weighted by Crippen LogP contribution is 2.60. The predicted octanol–water partition coefficient (Wildman–Crippen LogP) is 3.43. The molecule has 4 aliphatic rings. The summed E-state index contributed by atoms with van der Waals surface area (Å²) in [4.78, 5) is 22.1. The first kappa shape index (κ1) is 14.7. The second-order valence-corrected chi connectivity index (χ2v) is 7.75. The third-order valence-electron chi connectivity index (χ3n) is 6.14. The van der Waals surface area contributed by atoms with E-state index in [0.29, 0.717) is 11.3 Å². The summed E-state index contributed by atoms with van der Waals surface area (Å²) in [5, 5.41) is 8.73. The number of carbonyl (C=O) groups is 2. The minimum atomic E-state index is -1.04. The standard InChI is InChI=1S/C19H22O4/c20-10-15-6-16(1-2-17(15)23-11-18(21)22)19-7-12-3-13(8-19)5-14(4-12)9-19/h1-2,6,10,12-14H,3-5,7-9,11H2,(H,21,22). The van der Waals surface area contributed by atoms with Gasteiger partial charge in [-0.15, -0.1) is 0 Å². The van der Waals surface area contributed by atoms with Crippen molar-refractivity contribution in [3.05, 3.63) is 29.3 Å². The van der Waals surface area contributed by atoms with Crippen LogP contribution >= 0.6 is 0 Å². The van der Waals surface area contributed by atoms with Crippen molar-refractivity contribution < 1.29 is 19.4 Å². The topological polar surface area (TPSA) is 63.6 Å². The molecule has 4 nitrogen and oxygen atoms in total. The number of hydrogen-bond donors (Lipinski definition) is 1. The van der Waals surface area contributed by atoms with Crippen molar-refractivity contribution in [2.24, 2.45) is 17.8 Å². The van der Waals surface area contributed by atoms with E-state index >= 15 is 0 Å². The molecule has 0 heterocycles. The van der Waals surface area contributed by atoms with Crippen LogP contribution in [0.4, 0.5) is 0 Å². The van der Waals surface area contributed by atoms with Crippen LogP contribution in [0.1, 0.15) is 54.4 Å². The number of carboxylic acids is 1. The Bertz CT molecular complexity index is 613. The molecule has 4 heteroatoms. The third kappa shape index (κ3) is 2.54. The molecule has 4 aliphatic carbocycles. The molecule has 4 bridgehead atoms. The average Bonchev–Trinajstić information content (AvgIpc) is 2.51. The lowest BCUT2D eigenvalue weighted by Crippen LogP contribution is -2.48. The molecule has 4 saturated carbocycles. The fourth-order valence-corrected chi connectivity index (χ4v) is 5.71. The molecule has 4 fully saturated rings. The first-order valence-electron chi connectivity index (χ1n) is 8.52. The number of carboxylic acid groups (broad SMARTS) is 1. The van der Waals surface area contributed by atoms with Crippen molar-refractivity contribution in [3.63, 3.8) is 0 Å². The van der Waals surface area contributed by atoms with Crippen molar-refractivity contribution in [1.82, 2.24) is 0 Å². The van der Waals surface area contributed by atoms with Crippen molar-refractivity contribution in [2.45, 2.75) is 43.9 Å². The van der Waals surface area contributed by atoms with E-state index in [-0.39, 0.29) is 5.41 Å². The maximum Gasteiger partial charge on any atom is 0.341 e. The lowest BCUT2D eigenvalue weighted by molar-refractivity contribution is -0.139. The quantitative estimate of drug-likeness (QED) is 0.846. The summed E-state index contributed by atoms with van der Waals surface area (Å²) in [5.74, 6) is 1.89. The summed E-state index contributed by atoms with van der Waals surface area (Å²) in [5.41, 5.74) is 1.96. The third-order valence-corrected chi connectivity index (χ3v) is 6.14. The van der Waals surface area contributed by atoms with Gasteiger partial charge in [0.15, 0.2) is 12.9 Å². The first-order chi connectivity index (χ1) is 11.1. The van der Waals surface area contributed by atoms with Crippen LogP contribution in [0.25, 0.3) is 0 Å². The van der Waals surface area contributed by atoms with Gasteiger partial charge in [-0.1, -0.05) is 6.07 Å². The smallest absolute Gasteiger partial charge is 0.341 e. The van der Waals surface area contributed by atoms with Crippen LogP contribution < -0.4 is 4.74 Å². The van der Waals surface area contributed by atoms with Gasteiger partial charge in [-0.2, -0.15) is 0 Å². The maximum atomic E-state index is 11.4. The predicted molar refractivity (Wildman–Crippen MR) is 84.8 cm³/mol. The lowest BCUT2D eigenvalue weighted by Gasteiger charge is -2.57. The second kappa shape index (κ2) is 5.36. The zero-order chi connectivity index (χ0) is 16.0. The fraction of sp³-hybridized carbons (Fsp3) is 0.579. The van der Waals surface area contributed by atoms with Crippen LogP contribution in [0.2, 0.25) is 0 Å². The molecule has 0 radical (unpaired) electrons. The average molecular weight is 314 g/mol. The summed E-state index contributed by atoms with van der Waals surface area (Å²) in [6, 6.07) is 5.77. The monoisotopic (exact) mass is 314 g/mol. The zero-order valence-corrected chi connectivity index (χ0v) is 13.2. The van der Waals surface area contributed by atoms with E-state index in [1.54, 1.807) is 6.07 Å². The molecule has 1 N–H and O–H groups in total. The van der Waals surface area contributed by atoms with Gasteiger partial charge in [-0.05, 0) is 79.4 Å². The number of aldehydes is 1. The van der Waals surface area contributed by atoms with Crippen LogP contribution in [-0.4, -0.2) is 24.0 Å². The number of rotatable bonds is 5. The number of ether oxygens (including phenoxy) is 1. The van der Waals surface area contributed by atoms with E-state index in [1.807, 2.05) is 6.07 Å². The largest absolute Gasteiger partial charge is 0.481 e. The Balaban J connectivity index is 1.64. The fourth-order valence-electron chi connectivity index (χ4n) is 5.71. The van der Waals surface area contributed by atoms with E-state index in [2.05, 4.69) is 6.07 Å². The maximum absolute atomic E-state index is 11.4. The van der Waals surface area contributed by atoms with Crippen LogP contribution in [0.5, 0.6) is 5.75 Å². The molecule has 0 saturated heterocycles. The molecule has 0 aliphatic heterocycles. The summed E-state index contributed by atoms with van der Waals surface area (Å²) < 4.78 is 5.23. The van der Waals surface area contributed by atoms with Crippen molar-refractivity contribution in [1.29, 1.82) is 0 Å². The van der Waals surface area contributed by atoms with E-state index in [0.717, 1.165) is 24.0 Å². The molecule has 0 atom stereocenters. The first-order valence-corrected chi connectivity index (χ1v) is 8.52. The van der Waals surface area contributed by atoms with Crippen LogP contribution in [0, 0.1) is 17.8 Å². The van der Waals surface area contributed by atoms with E-state index in [9.17, 15) is 9.59 Å². The van der Waals surface area contributed by atoms with E-state index in [1.165, 1.54) is 44.1 Å². The zero-order valence-electron chi connectivity index (χ0n) is 13.2. The lowest BCUT2D eigenvalue weighted by atomic mass is 9.48. The van der Waals surface area contributed by atoms with Gasteiger partial charge in [0.2, 0.25) is 0 Å². The number of carbonyl (C=O) groups excluding carboxylic acids is 1. The Kier molecular flexibility index (Phi) is 3.43. The Hall–Kier alpha value is -1.84. The highest BCUT2D eigenvalue weighted by molar-refractivity contribution is 5.80. The number of hydrogen-bond acceptors (Lipinski definition) is 3. The molecule has 122 valence electrons. The second-order valence-electron chi connectivity index (χ2n) is 7.75. The van der Waals surface area contributed by atoms with Gasteiger partial charge in [0.25, 0.3) is 0 Å². The van der Waals surface area contributed by atoms with Crippen molar-refractivity contribution in [3.8, 4) is 5.75 Å². The minimum Gasteiger partial charge on any atom is -0.481 e. The van der Waals surface area contributed by atoms with Gasteiger partial charge < -0.3 is 9.84 Å². The minimum absolute atomic E-state index is 0.234. The highest BCUT2D eigenvalue weighted by atomic mass is 16.5. The summed E-state index contributed by atoms with van der Waals surface area (Å²) in [6.07, 6.45) is 8.67. The van der Waals surface area contributed by atoms with Gasteiger partial charge in [-0.25, -0.2) is 4.79 Å². The number of aliphatic carboxylic acids is 1. The van der Waals surface area contributed by atoms with E-state index < -0.39 is 12.6 Å². The van der Waals surface area contributed by atoms with Gasteiger partial charge in [0, 0.05) is 0 Å². The molecule has 0 spiro atoms. The van der Waals surface area contributed by atoms with E-state index in [4.69, 9.17) is 9.84 Å². The Morgan fingerprint density at radius 3 is 2.30 bits per heavy atom. The van der Waals surface area contributed by atoms with Gasteiger partial charge in [0.1, 0.15) is 5.75 Å². The molecule has 0 amide bonds. The van der Waals surface area contributed by atoms with Crippen molar-refractivity contribution in [2.75, 3.05) is 6.61 Å². The Labute approximate surface area is 135 Å². The Morgan fingerprint density at radius 1 is 1.17 bits per heavy atom. The summed E-state index contributed by atoms with van der Waals surface area (Å²) in [6.45, 7) is -0.419. The number of benzene rings is 1. The van der Waals surface area contributed by atoms with Crippen LogP contribution in [0.15, 0.2) is 18.2 Å². The van der Waals surface area contributed by atoms with Gasteiger partial charge >= 0.3 is 5.97 Å². The molecular weight excluding hydrogens is 292 g/mol. The highest BCUT2D eigenvalue weighted by Gasteiger charge is 2.51. The normalized spacial score (nSPS) is 34.3. The Morgan fingerprint density at radius 2 is 1.78 bits per heavy atom. The van der Waals surface area contributed by atoms with Gasteiger partial charge in [-0.3, -0.25) is 4.79 Å². The molecule has 1 aromatic rings. The molecule has 0 unspecified atom stereocenters.